The Bertz CT molecular complexity index is 773. The zero-order chi connectivity index (χ0) is 15.0. The third-order valence-electron chi connectivity index (χ3n) is 4.16. The van der Waals surface area contributed by atoms with Gasteiger partial charge in [-0.15, -0.1) is 0 Å². The van der Waals surface area contributed by atoms with Crippen LogP contribution in [0, 0.1) is 0 Å². The molecular weight excluding hydrogens is 306 g/mol. The molecule has 1 atom stereocenters. The first kappa shape index (κ1) is 14.8. The maximum absolute atomic E-state index is 13.0. The van der Waals surface area contributed by atoms with Gasteiger partial charge in [0, 0.05) is 28.4 Å². The summed E-state index contributed by atoms with van der Waals surface area (Å²) < 4.78 is 27.6. The van der Waals surface area contributed by atoms with E-state index in [1.807, 2.05) is 31.2 Å². The Hall–Kier alpha value is -1.10. The molecule has 0 aliphatic carbocycles. The molecule has 0 amide bonds. The molecule has 3 rings (SSSR count). The van der Waals surface area contributed by atoms with Crippen molar-refractivity contribution in [1.82, 2.24) is 4.31 Å². The van der Waals surface area contributed by atoms with Gasteiger partial charge < -0.3 is 0 Å². The lowest BCUT2D eigenvalue weighted by atomic mass is 10.1. The Labute approximate surface area is 130 Å². The van der Waals surface area contributed by atoms with Crippen LogP contribution in [0.4, 0.5) is 0 Å². The van der Waals surface area contributed by atoms with Gasteiger partial charge in [-0.1, -0.05) is 42.3 Å². The quantitative estimate of drug-likeness (QED) is 0.836. The highest BCUT2D eigenvalue weighted by atomic mass is 35.5. The van der Waals surface area contributed by atoms with Gasteiger partial charge in [-0.2, -0.15) is 4.31 Å². The molecule has 2 aromatic carbocycles. The first-order chi connectivity index (χ1) is 10.0. The average Bonchev–Trinajstić information content (AvgIpc) is 2.48. The predicted octanol–water partition coefficient (Wildman–Crippen LogP) is 4.06. The third-order valence-corrected chi connectivity index (χ3v) is 6.56. The highest BCUT2D eigenvalue weighted by Crippen LogP contribution is 2.33. The number of sulfonamides is 1. The van der Waals surface area contributed by atoms with Crippen molar-refractivity contribution in [3.8, 4) is 0 Å². The first-order valence-corrected chi connectivity index (χ1v) is 9.03. The Kier molecular flexibility index (Phi) is 3.95. The molecule has 1 aliphatic heterocycles. The fourth-order valence-corrected chi connectivity index (χ4v) is 5.14. The maximum Gasteiger partial charge on any atom is 0.243 e. The zero-order valence-electron chi connectivity index (χ0n) is 11.9. The Morgan fingerprint density at radius 2 is 1.81 bits per heavy atom. The van der Waals surface area contributed by atoms with Crippen LogP contribution in [0.15, 0.2) is 41.3 Å². The summed E-state index contributed by atoms with van der Waals surface area (Å²) in [5.74, 6) is 0. The molecule has 21 heavy (non-hydrogen) atoms. The van der Waals surface area contributed by atoms with Crippen LogP contribution in [0.25, 0.3) is 10.8 Å². The SMILES string of the molecule is C[C@@H]1CCCCN1S(=O)(=O)c1ccc(Cl)c2ccccc12. The van der Waals surface area contributed by atoms with Crippen LogP contribution in [-0.4, -0.2) is 25.3 Å². The van der Waals surface area contributed by atoms with Crippen LogP contribution < -0.4 is 0 Å². The molecule has 0 unspecified atom stereocenters. The standard InChI is InChI=1S/C16H18ClNO2S/c1-12-6-4-5-11-18(12)21(19,20)16-10-9-15(17)13-7-2-3-8-14(13)16/h2-3,7-10,12H,4-6,11H2,1H3/t12-/m1/s1. The van der Waals surface area contributed by atoms with E-state index in [1.54, 1.807) is 16.4 Å². The molecule has 0 N–H and O–H groups in total. The number of rotatable bonds is 2. The summed E-state index contributed by atoms with van der Waals surface area (Å²) in [7, 11) is -3.48. The van der Waals surface area contributed by atoms with Crippen molar-refractivity contribution in [3.63, 3.8) is 0 Å². The molecular formula is C16H18ClNO2S. The molecule has 1 heterocycles. The fraction of sp³-hybridized carbons (Fsp3) is 0.375. The van der Waals surface area contributed by atoms with Crippen molar-refractivity contribution >= 4 is 32.4 Å². The van der Waals surface area contributed by atoms with Gasteiger partial charge >= 0.3 is 0 Å². The minimum absolute atomic E-state index is 0.0539. The van der Waals surface area contributed by atoms with E-state index in [1.165, 1.54) is 0 Å². The van der Waals surface area contributed by atoms with Crippen molar-refractivity contribution in [3.05, 3.63) is 41.4 Å². The lowest BCUT2D eigenvalue weighted by molar-refractivity contribution is 0.269. The number of nitrogens with zero attached hydrogens (tertiary/aromatic N) is 1. The summed E-state index contributed by atoms with van der Waals surface area (Å²) in [5.41, 5.74) is 0. The zero-order valence-corrected chi connectivity index (χ0v) is 13.5. The molecule has 3 nitrogen and oxygen atoms in total. The van der Waals surface area contributed by atoms with E-state index < -0.39 is 10.0 Å². The Balaban J connectivity index is 2.17. The second-order valence-electron chi connectivity index (χ2n) is 5.55. The van der Waals surface area contributed by atoms with Gasteiger partial charge in [0.15, 0.2) is 0 Å². The van der Waals surface area contributed by atoms with Crippen LogP contribution in [0.1, 0.15) is 26.2 Å². The molecule has 0 spiro atoms. The minimum atomic E-state index is -3.48. The molecule has 112 valence electrons. The second-order valence-corrected chi connectivity index (χ2v) is 7.82. The molecule has 1 aliphatic rings. The largest absolute Gasteiger partial charge is 0.243 e. The van der Waals surface area contributed by atoms with Crippen LogP contribution in [-0.2, 0) is 10.0 Å². The molecule has 1 saturated heterocycles. The van der Waals surface area contributed by atoms with E-state index in [4.69, 9.17) is 11.6 Å². The number of hydrogen-bond acceptors (Lipinski definition) is 2. The van der Waals surface area contributed by atoms with Gasteiger partial charge in [0.05, 0.1) is 4.90 Å². The summed E-state index contributed by atoms with van der Waals surface area (Å²) in [5, 5.41) is 2.06. The van der Waals surface area contributed by atoms with Gasteiger partial charge in [0.2, 0.25) is 10.0 Å². The second kappa shape index (κ2) is 5.59. The van der Waals surface area contributed by atoms with E-state index in [9.17, 15) is 8.42 Å². The number of benzene rings is 2. The number of piperidine rings is 1. The Morgan fingerprint density at radius 3 is 2.52 bits per heavy atom. The third kappa shape index (κ3) is 2.56. The lowest BCUT2D eigenvalue weighted by Crippen LogP contribution is -2.41. The average molecular weight is 324 g/mol. The smallest absolute Gasteiger partial charge is 0.207 e. The fourth-order valence-electron chi connectivity index (χ4n) is 3.01. The van der Waals surface area contributed by atoms with Gasteiger partial charge in [-0.25, -0.2) is 8.42 Å². The lowest BCUT2D eigenvalue weighted by Gasteiger charge is -2.32. The Morgan fingerprint density at radius 1 is 1.10 bits per heavy atom. The molecule has 1 fully saturated rings. The monoisotopic (exact) mass is 323 g/mol. The van der Waals surface area contributed by atoms with E-state index in [0.717, 1.165) is 24.6 Å². The number of hydrogen-bond donors (Lipinski definition) is 0. The van der Waals surface area contributed by atoms with Gasteiger partial charge in [-0.05, 0) is 31.9 Å². The van der Waals surface area contributed by atoms with Crippen molar-refractivity contribution in [2.24, 2.45) is 0 Å². The van der Waals surface area contributed by atoms with Crippen LogP contribution in [0.5, 0.6) is 0 Å². The normalized spacial score (nSPS) is 20.8. The maximum atomic E-state index is 13.0. The summed E-state index contributed by atoms with van der Waals surface area (Å²) in [6, 6.07) is 10.7. The van der Waals surface area contributed by atoms with E-state index >= 15 is 0 Å². The van der Waals surface area contributed by atoms with Gasteiger partial charge in [0.1, 0.15) is 0 Å². The summed E-state index contributed by atoms with van der Waals surface area (Å²) >= 11 is 6.19. The van der Waals surface area contributed by atoms with Crippen molar-refractivity contribution < 1.29 is 8.42 Å². The molecule has 0 bridgehead atoms. The van der Waals surface area contributed by atoms with Crippen molar-refractivity contribution in [1.29, 1.82) is 0 Å². The van der Waals surface area contributed by atoms with Crippen LogP contribution >= 0.6 is 11.6 Å². The van der Waals surface area contributed by atoms with Crippen molar-refractivity contribution in [2.75, 3.05) is 6.54 Å². The van der Waals surface area contributed by atoms with Crippen molar-refractivity contribution in [2.45, 2.75) is 37.1 Å². The van der Waals surface area contributed by atoms with E-state index in [2.05, 4.69) is 0 Å². The first-order valence-electron chi connectivity index (χ1n) is 7.21. The molecule has 5 heteroatoms. The van der Waals surface area contributed by atoms with Crippen LogP contribution in [0.3, 0.4) is 0 Å². The summed E-state index contributed by atoms with van der Waals surface area (Å²) in [4.78, 5) is 0.358. The van der Waals surface area contributed by atoms with E-state index in [-0.39, 0.29) is 6.04 Å². The highest BCUT2D eigenvalue weighted by molar-refractivity contribution is 7.89. The predicted molar refractivity (Wildman–Crippen MR) is 86.2 cm³/mol. The van der Waals surface area contributed by atoms with Crippen LogP contribution in [0.2, 0.25) is 5.02 Å². The van der Waals surface area contributed by atoms with Gasteiger partial charge in [-0.3, -0.25) is 0 Å². The number of fused-ring (bicyclic) bond motifs is 1. The molecule has 0 saturated carbocycles. The minimum Gasteiger partial charge on any atom is -0.207 e. The summed E-state index contributed by atoms with van der Waals surface area (Å²) in [6.07, 6.45) is 2.94. The molecule has 2 aromatic rings. The summed E-state index contributed by atoms with van der Waals surface area (Å²) in [6.45, 7) is 2.58. The number of halogens is 1. The van der Waals surface area contributed by atoms with Gasteiger partial charge in [0.25, 0.3) is 0 Å². The molecule has 0 aromatic heterocycles. The topological polar surface area (TPSA) is 37.4 Å². The highest BCUT2D eigenvalue weighted by Gasteiger charge is 2.32. The van der Waals surface area contributed by atoms with E-state index in [0.29, 0.717) is 21.8 Å². The molecule has 0 radical (unpaired) electrons.